The minimum atomic E-state index is -4.49. The molecule has 3 aromatic rings. The Balaban J connectivity index is 1.99. The quantitative estimate of drug-likeness (QED) is 0.539. The zero-order valence-electron chi connectivity index (χ0n) is 13.3. The molecule has 0 aliphatic heterocycles. The summed E-state index contributed by atoms with van der Waals surface area (Å²) in [5, 5.41) is 2.98. The summed E-state index contributed by atoms with van der Waals surface area (Å²) in [4.78, 5) is 12.7. The number of nitrogens with one attached hydrogen (secondary N) is 1. The van der Waals surface area contributed by atoms with E-state index in [-0.39, 0.29) is 16.5 Å². The number of hydrogen-bond acceptors (Lipinski definition) is 2. The van der Waals surface area contributed by atoms with E-state index >= 15 is 0 Å². The maximum Gasteiger partial charge on any atom is 0.416 e. The van der Waals surface area contributed by atoms with E-state index in [1.54, 1.807) is 54.6 Å². The molecule has 0 amide bonds. The van der Waals surface area contributed by atoms with Gasteiger partial charge in [-0.1, -0.05) is 54.1 Å². The predicted octanol–water partition coefficient (Wildman–Crippen LogP) is 6.33. The molecule has 0 aliphatic carbocycles. The molecule has 1 N–H and O–H groups in total. The third-order valence-electron chi connectivity index (χ3n) is 3.77. The number of benzene rings is 3. The SMILES string of the molecule is O=C(c1ccccc1)c1ccccc1Nc1cc(C(F)(F)F)ccc1Cl. The molecule has 26 heavy (non-hydrogen) atoms. The average Bonchev–Trinajstić information content (AvgIpc) is 2.63. The molecule has 6 heteroatoms. The lowest BCUT2D eigenvalue weighted by molar-refractivity contribution is -0.137. The molecule has 0 fully saturated rings. The Morgan fingerprint density at radius 2 is 1.50 bits per heavy atom. The first-order valence-electron chi connectivity index (χ1n) is 7.69. The highest BCUT2D eigenvalue weighted by molar-refractivity contribution is 6.33. The molecule has 0 heterocycles. The first-order chi connectivity index (χ1) is 12.4. The van der Waals surface area contributed by atoms with Crippen molar-refractivity contribution in [2.45, 2.75) is 6.18 Å². The molecule has 0 bridgehead atoms. The Kier molecular flexibility index (Phi) is 5.00. The van der Waals surface area contributed by atoms with Crippen molar-refractivity contribution in [3.05, 3.63) is 94.5 Å². The van der Waals surface area contributed by atoms with Gasteiger partial charge < -0.3 is 5.32 Å². The highest BCUT2D eigenvalue weighted by Gasteiger charge is 2.31. The minimum Gasteiger partial charge on any atom is -0.354 e. The lowest BCUT2D eigenvalue weighted by atomic mass is 10.0. The van der Waals surface area contributed by atoms with E-state index in [4.69, 9.17) is 11.6 Å². The van der Waals surface area contributed by atoms with Crippen LogP contribution in [-0.4, -0.2) is 5.78 Å². The molecule has 0 spiro atoms. The van der Waals surface area contributed by atoms with E-state index < -0.39 is 11.7 Å². The van der Waals surface area contributed by atoms with Gasteiger partial charge in [0.2, 0.25) is 0 Å². The van der Waals surface area contributed by atoms with Crippen LogP contribution in [0, 0.1) is 0 Å². The zero-order valence-corrected chi connectivity index (χ0v) is 14.1. The van der Waals surface area contributed by atoms with Crippen LogP contribution in [0.2, 0.25) is 5.02 Å². The fraction of sp³-hybridized carbons (Fsp3) is 0.0500. The van der Waals surface area contributed by atoms with E-state index in [9.17, 15) is 18.0 Å². The number of rotatable bonds is 4. The summed E-state index contributed by atoms with van der Waals surface area (Å²) < 4.78 is 38.8. The molecular formula is C20H13ClF3NO. The van der Waals surface area contributed by atoms with Gasteiger partial charge in [-0.15, -0.1) is 0 Å². The molecule has 0 unspecified atom stereocenters. The van der Waals surface area contributed by atoms with Crippen LogP contribution in [0.5, 0.6) is 0 Å². The van der Waals surface area contributed by atoms with Gasteiger partial charge in [-0.05, 0) is 30.3 Å². The van der Waals surface area contributed by atoms with Crippen LogP contribution >= 0.6 is 11.6 Å². The molecule has 0 aromatic heterocycles. The summed E-state index contributed by atoms with van der Waals surface area (Å²) in [7, 11) is 0. The predicted molar refractivity (Wildman–Crippen MR) is 96.1 cm³/mol. The van der Waals surface area contributed by atoms with Gasteiger partial charge >= 0.3 is 6.18 Å². The fourth-order valence-corrected chi connectivity index (χ4v) is 2.64. The number of carbonyl (C=O) groups is 1. The number of ketones is 1. The van der Waals surface area contributed by atoms with Gasteiger partial charge in [-0.2, -0.15) is 13.2 Å². The summed E-state index contributed by atoms with van der Waals surface area (Å²) in [6, 6.07) is 18.2. The topological polar surface area (TPSA) is 29.1 Å². The Hall–Kier alpha value is -2.79. The lowest BCUT2D eigenvalue weighted by Gasteiger charge is -2.15. The number of alkyl halides is 3. The second-order valence-corrected chi connectivity index (χ2v) is 5.97. The highest BCUT2D eigenvalue weighted by atomic mass is 35.5. The number of carbonyl (C=O) groups excluding carboxylic acids is 1. The van der Waals surface area contributed by atoms with Crippen molar-refractivity contribution in [3.8, 4) is 0 Å². The van der Waals surface area contributed by atoms with Crippen molar-refractivity contribution in [3.63, 3.8) is 0 Å². The van der Waals surface area contributed by atoms with Crippen molar-refractivity contribution >= 4 is 28.8 Å². The van der Waals surface area contributed by atoms with E-state index in [0.29, 0.717) is 16.8 Å². The van der Waals surface area contributed by atoms with Crippen LogP contribution in [0.3, 0.4) is 0 Å². The Bertz CT molecular complexity index is 939. The molecule has 3 rings (SSSR count). The molecular weight excluding hydrogens is 363 g/mol. The van der Waals surface area contributed by atoms with Crippen molar-refractivity contribution in [1.82, 2.24) is 0 Å². The molecule has 0 aliphatic rings. The summed E-state index contributed by atoms with van der Waals surface area (Å²) in [5.41, 5.74) is 0.456. The Labute approximate surface area is 153 Å². The monoisotopic (exact) mass is 375 g/mol. The normalized spacial score (nSPS) is 11.2. The van der Waals surface area contributed by atoms with Gasteiger partial charge in [0.1, 0.15) is 0 Å². The van der Waals surface area contributed by atoms with Gasteiger partial charge in [0.15, 0.2) is 5.78 Å². The van der Waals surface area contributed by atoms with Gasteiger partial charge in [-0.3, -0.25) is 4.79 Å². The number of anilines is 2. The van der Waals surface area contributed by atoms with E-state index in [2.05, 4.69) is 5.32 Å². The maximum atomic E-state index is 12.9. The van der Waals surface area contributed by atoms with Crippen molar-refractivity contribution in [2.24, 2.45) is 0 Å². The third kappa shape index (κ3) is 3.89. The van der Waals surface area contributed by atoms with Crippen LogP contribution in [-0.2, 0) is 6.18 Å². The number of halogens is 4. The summed E-state index contributed by atoms with van der Waals surface area (Å²) in [5.74, 6) is -0.239. The largest absolute Gasteiger partial charge is 0.416 e. The third-order valence-corrected chi connectivity index (χ3v) is 4.10. The standard InChI is InChI=1S/C20H13ClF3NO/c21-16-11-10-14(20(22,23)24)12-18(16)25-17-9-5-4-8-15(17)19(26)13-6-2-1-3-7-13/h1-12,25H. The summed E-state index contributed by atoms with van der Waals surface area (Å²) >= 11 is 6.03. The van der Waals surface area contributed by atoms with E-state index in [1.807, 2.05) is 0 Å². The molecule has 0 radical (unpaired) electrons. The van der Waals surface area contributed by atoms with Gasteiger partial charge in [-0.25, -0.2) is 0 Å². The molecule has 2 nitrogen and oxygen atoms in total. The molecule has 0 saturated heterocycles. The summed E-state index contributed by atoms with van der Waals surface area (Å²) in [6.45, 7) is 0. The fourth-order valence-electron chi connectivity index (χ4n) is 2.48. The van der Waals surface area contributed by atoms with Crippen LogP contribution < -0.4 is 5.32 Å². The van der Waals surface area contributed by atoms with Crippen molar-refractivity contribution in [1.29, 1.82) is 0 Å². The van der Waals surface area contributed by atoms with Gasteiger partial charge in [0, 0.05) is 16.8 Å². The second kappa shape index (κ2) is 7.22. The smallest absolute Gasteiger partial charge is 0.354 e. The number of para-hydroxylation sites is 1. The maximum absolute atomic E-state index is 12.9. The van der Waals surface area contributed by atoms with Crippen LogP contribution in [0.15, 0.2) is 72.8 Å². The summed E-state index contributed by atoms with van der Waals surface area (Å²) in [6.07, 6.45) is -4.49. The Morgan fingerprint density at radius 1 is 0.846 bits per heavy atom. The lowest BCUT2D eigenvalue weighted by Crippen LogP contribution is -2.07. The van der Waals surface area contributed by atoms with Crippen LogP contribution in [0.1, 0.15) is 21.5 Å². The zero-order chi connectivity index (χ0) is 18.7. The molecule has 132 valence electrons. The molecule has 3 aromatic carbocycles. The molecule has 0 saturated carbocycles. The van der Waals surface area contributed by atoms with Crippen molar-refractivity contribution < 1.29 is 18.0 Å². The van der Waals surface area contributed by atoms with Crippen molar-refractivity contribution in [2.75, 3.05) is 5.32 Å². The van der Waals surface area contributed by atoms with Crippen LogP contribution in [0.25, 0.3) is 0 Å². The number of hydrogen-bond donors (Lipinski definition) is 1. The first-order valence-corrected chi connectivity index (χ1v) is 8.06. The highest BCUT2D eigenvalue weighted by Crippen LogP contribution is 2.35. The Morgan fingerprint density at radius 3 is 2.19 bits per heavy atom. The van der Waals surface area contributed by atoms with Gasteiger partial charge in [0.05, 0.1) is 16.3 Å². The minimum absolute atomic E-state index is 0.0785. The first kappa shape index (κ1) is 18.0. The second-order valence-electron chi connectivity index (χ2n) is 5.56. The average molecular weight is 376 g/mol. The van der Waals surface area contributed by atoms with Crippen LogP contribution in [0.4, 0.5) is 24.5 Å². The van der Waals surface area contributed by atoms with E-state index in [0.717, 1.165) is 12.1 Å². The van der Waals surface area contributed by atoms with E-state index in [1.165, 1.54) is 6.07 Å². The van der Waals surface area contributed by atoms with Gasteiger partial charge in [0.25, 0.3) is 0 Å². The molecule has 0 atom stereocenters.